The van der Waals surface area contributed by atoms with Gasteiger partial charge in [-0.05, 0) is 31.0 Å². The van der Waals surface area contributed by atoms with E-state index in [1.807, 2.05) is 19.1 Å². The van der Waals surface area contributed by atoms with E-state index in [-0.39, 0.29) is 0 Å². The number of aryl methyl sites for hydroxylation is 1. The highest BCUT2D eigenvalue weighted by Crippen LogP contribution is 2.06. The lowest BCUT2D eigenvalue weighted by molar-refractivity contribution is 0.295. The maximum absolute atomic E-state index is 5.83. The Morgan fingerprint density at radius 3 is 3.00 bits per heavy atom. The van der Waals surface area contributed by atoms with Crippen LogP contribution in [0.4, 0.5) is 0 Å². The lowest BCUT2D eigenvalue weighted by Crippen LogP contribution is -2.46. The van der Waals surface area contributed by atoms with Crippen molar-refractivity contribution in [3.05, 3.63) is 29.6 Å². The fourth-order valence-corrected chi connectivity index (χ4v) is 1.52. The SMILES string of the molecule is Cc1cc(CN=C(N)N2CCC2)ccn1. The topological polar surface area (TPSA) is 54.5 Å². The molecule has 4 heteroatoms. The average Bonchev–Trinajstić information content (AvgIpc) is 2.12. The lowest BCUT2D eigenvalue weighted by Gasteiger charge is -2.31. The second-order valence-electron chi connectivity index (χ2n) is 3.82. The first-order valence-electron chi connectivity index (χ1n) is 5.22. The normalized spacial score (nSPS) is 16.3. The predicted molar refractivity (Wildman–Crippen MR) is 60.5 cm³/mol. The molecule has 1 aromatic heterocycles. The molecule has 0 spiro atoms. The van der Waals surface area contributed by atoms with E-state index in [4.69, 9.17) is 5.73 Å². The van der Waals surface area contributed by atoms with Crippen LogP contribution in [0.5, 0.6) is 0 Å². The summed E-state index contributed by atoms with van der Waals surface area (Å²) in [6.45, 7) is 4.72. The molecule has 1 saturated heterocycles. The van der Waals surface area contributed by atoms with Gasteiger partial charge < -0.3 is 10.6 Å². The van der Waals surface area contributed by atoms with Crippen molar-refractivity contribution in [2.45, 2.75) is 19.9 Å². The van der Waals surface area contributed by atoms with Gasteiger partial charge >= 0.3 is 0 Å². The minimum Gasteiger partial charge on any atom is -0.370 e. The summed E-state index contributed by atoms with van der Waals surface area (Å²) in [5, 5.41) is 0. The molecule has 4 nitrogen and oxygen atoms in total. The first-order valence-corrected chi connectivity index (χ1v) is 5.22. The highest BCUT2D eigenvalue weighted by molar-refractivity contribution is 5.78. The van der Waals surface area contributed by atoms with E-state index in [2.05, 4.69) is 14.9 Å². The molecule has 80 valence electrons. The number of hydrogen-bond donors (Lipinski definition) is 1. The maximum Gasteiger partial charge on any atom is 0.191 e. The van der Waals surface area contributed by atoms with E-state index in [9.17, 15) is 0 Å². The standard InChI is InChI=1S/C11H16N4/c1-9-7-10(3-4-13-9)8-14-11(12)15-5-2-6-15/h3-4,7H,2,5-6,8H2,1H3,(H2,12,14). The Labute approximate surface area is 89.8 Å². The predicted octanol–water partition coefficient (Wildman–Crippen LogP) is 0.910. The van der Waals surface area contributed by atoms with Gasteiger partial charge in [0, 0.05) is 25.0 Å². The van der Waals surface area contributed by atoms with Crippen LogP contribution in [0.1, 0.15) is 17.7 Å². The molecule has 0 aliphatic carbocycles. The van der Waals surface area contributed by atoms with Crippen LogP contribution in [0.3, 0.4) is 0 Å². The van der Waals surface area contributed by atoms with Crippen LogP contribution in [0.15, 0.2) is 23.3 Å². The van der Waals surface area contributed by atoms with Gasteiger partial charge in [0.05, 0.1) is 6.54 Å². The van der Waals surface area contributed by atoms with Gasteiger partial charge in [-0.15, -0.1) is 0 Å². The Hall–Kier alpha value is -1.58. The summed E-state index contributed by atoms with van der Waals surface area (Å²) < 4.78 is 0. The number of guanidine groups is 1. The van der Waals surface area contributed by atoms with E-state index in [1.54, 1.807) is 6.20 Å². The zero-order valence-corrected chi connectivity index (χ0v) is 8.98. The second kappa shape index (κ2) is 4.29. The Balaban J connectivity index is 1.96. The van der Waals surface area contributed by atoms with Crippen molar-refractivity contribution in [3.8, 4) is 0 Å². The molecule has 2 heterocycles. The van der Waals surface area contributed by atoms with Crippen molar-refractivity contribution in [1.29, 1.82) is 0 Å². The summed E-state index contributed by atoms with van der Waals surface area (Å²) >= 11 is 0. The number of likely N-dealkylation sites (tertiary alicyclic amines) is 1. The van der Waals surface area contributed by atoms with Crippen molar-refractivity contribution in [2.24, 2.45) is 10.7 Å². The minimum atomic E-state index is 0.645. The number of rotatable bonds is 2. The second-order valence-corrected chi connectivity index (χ2v) is 3.82. The molecule has 2 rings (SSSR count). The monoisotopic (exact) mass is 204 g/mol. The third-order valence-electron chi connectivity index (χ3n) is 2.56. The molecule has 0 radical (unpaired) electrons. The van der Waals surface area contributed by atoms with Crippen LogP contribution in [0.25, 0.3) is 0 Å². The fourth-order valence-electron chi connectivity index (χ4n) is 1.52. The van der Waals surface area contributed by atoms with Gasteiger partial charge in [-0.2, -0.15) is 0 Å². The van der Waals surface area contributed by atoms with Crippen LogP contribution in [-0.2, 0) is 6.54 Å². The average molecular weight is 204 g/mol. The van der Waals surface area contributed by atoms with Gasteiger partial charge in [0.2, 0.25) is 0 Å². The number of aromatic nitrogens is 1. The molecule has 2 N–H and O–H groups in total. The quantitative estimate of drug-likeness (QED) is 0.575. The van der Waals surface area contributed by atoms with E-state index in [0.717, 1.165) is 24.3 Å². The molecule has 1 fully saturated rings. The van der Waals surface area contributed by atoms with Gasteiger partial charge in [0.15, 0.2) is 5.96 Å². The molecule has 15 heavy (non-hydrogen) atoms. The molecule has 0 aromatic carbocycles. The number of aliphatic imine (C=N–C) groups is 1. The maximum atomic E-state index is 5.83. The van der Waals surface area contributed by atoms with Crippen molar-refractivity contribution < 1.29 is 0 Å². The first kappa shape index (κ1) is 9.96. The Morgan fingerprint density at radius 1 is 1.60 bits per heavy atom. The molecule has 1 aliphatic heterocycles. The van der Waals surface area contributed by atoms with Crippen LogP contribution in [0.2, 0.25) is 0 Å². The Morgan fingerprint density at radius 2 is 2.40 bits per heavy atom. The summed E-state index contributed by atoms with van der Waals surface area (Å²) in [4.78, 5) is 10.6. The molecular formula is C11H16N4. The molecule has 0 atom stereocenters. The lowest BCUT2D eigenvalue weighted by atomic mass is 10.2. The van der Waals surface area contributed by atoms with Crippen molar-refractivity contribution in [1.82, 2.24) is 9.88 Å². The minimum absolute atomic E-state index is 0.645. The fraction of sp³-hybridized carbons (Fsp3) is 0.455. The molecule has 0 bridgehead atoms. The summed E-state index contributed by atoms with van der Waals surface area (Å²) in [6, 6.07) is 4.01. The van der Waals surface area contributed by atoms with Gasteiger partial charge in [-0.1, -0.05) is 0 Å². The van der Waals surface area contributed by atoms with Gasteiger partial charge in [0.25, 0.3) is 0 Å². The third kappa shape index (κ3) is 2.46. The Bertz CT molecular complexity index is 369. The third-order valence-corrected chi connectivity index (χ3v) is 2.56. The number of nitrogens with zero attached hydrogens (tertiary/aromatic N) is 3. The summed E-state index contributed by atoms with van der Waals surface area (Å²) in [5.41, 5.74) is 8.00. The summed E-state index contributed by atoms with van der Waals surface area (Å²) in [6.07, 6.45) is 3.03. The first-order chi connectivity index (χ1) is 7.25. The highest BCUT2D eigenvalue weighted by Gasteiger charge is 2.15. The van der Waals surface area contributed by atoms with E-state index in [0.29, 0.717) is 12.5 Å². The summed E-state index contributed by atoms with van der Waals surface area (Å²) in [5.74, 6) is 0.663. The van der Waals surface area contributed by atoms with E-state index in [1.165, 1.54) is 6.42 Å². The largest absolute Gasteiger partial charge is 0.370 e. The molecule has 0 amide bonds. The van der Waals surface area contributed by atoms with Gasteiger partial charge in [0.1, 0.15) is 0 Å². The molecule has 0 saturated carbocycles. The molecule has 0 unspecified atom stereocenters. The number of hydrogen-bond acceptors (Lipinski definition) is 2. The highest BCUT2D eigenvalue weighted by atomic mass is 15.3. The Kier molecular flexibility index (Phi) is 2.85. The summed E-state index contributed by atoms with van der Waals surface area (Å²) in [7, 11) is 0. The molecule has 1 aliphatic rings. The molecular weight excluding hydrogens is 188 g/mol. The van der Waals surface area contributed by atoms with Crippen molar-refractivity contribution >= 4 is 5.96 Å². The zero-order chi connectivity index (χ0) is 10.7. The van der Waals surface area contributed by atoms with E-state index >= 15 is 0 Å². The van der Waals surface area contributed by atoms with Crippen LogP contribution in [0, 0.1) is 6.92 Å². The van der Waals surface area contributed by atoms with Crippen molar-refractivity contribution in [3.63, 3.8) is 0 Å². The number of pyridine rings is 1. The van der Waals surface area contributed by atoms with Gasteiger partial charge in [-0.3, -0.25) is 4.98 Å². The van der Waals surface area contributed by atoms with Crippen LogP contribution >= 0.6 is 0 Å². The van der Waals surface area contributed by atoms with Crippen molar-refractivity contribution in [2.75, 3.05) is 13.1 Å². The number of nitrogens with two attached hydrogens (primary N) is 1. The van der Waals surface area contributed by atoms with Gasteiger partial charge in [-0.25, -0.2) is 4.99 Å². The van der Waals surface area contributed by atoms with Crippen LogP contribution in [-0.4, -0.2) is 28.9 Å². The van der Waals surface area contributed by atoms with E-state index < -0.39 is 0 Å². The smallest absolute Gasteiger partial charge is 0.191 e. The van der Waals surface area contributed by atoms with Crippen LogP contribution < -0.4 is 5.73 Å². The zero-order valence-electron chi connectivity index (χ0n) is 8.98. The molecule has 1 aromatic rings.